The molecule has 0 aliphatic heterocycles. The van der Waals surface area contributed by atoms with Crippen LogP contribution < -0.4 is 5.73 Å². The van der Waals surface area contributed by atoms with E-state index < -0.39 is 0 Å². The quantitative estimate of drug-likeness (QED) is 0.683. The highest BCUT2D eigenvalue weighted by atomic mass is 16.4. The Bertz CT molecular complexity index is 280. The Labute approximate surface area is 72.0 Å². The Morgan fingerprint density at radius 3 is 3.25 bits per heavy atom. The second-order valence-electron chi connectivity index (χ2n) is 3.53. The molecule has 1 unspecified atom stereocenters. The molecule has 0 saturated carbocycles. The van der Waals surface area contributed by atoms with Crippen molar-refractivity contribution in [3.63, 3.8) is 0 Å². The van der Waals surface area contributed by atoms with E-state index in [-0.39, 0.29) is 0 Å². The van der Waals surface area contributed by atoms with Crippen molar-refractivity contribution in [3.8, 4) is 0 Å². The predicted octanol–water partition coefficient (Wildman–Crippen LogP) is 1.26. The molecule has 0 spiro atoms. The maximum Gasteiger partial charge on any atom is 0.208 e. The third-order valence-electron chi connectivity index (χ3n) is 2.40. The van der Waals surface area contributed by atoms with Crippen LogP contribution in [-0.4, -0.2) is 4.98 Å². The van der Waals surface area contributed by atoms with Crippen molar-refractivity contribution >= 4 is 0 Å². The van der Waals surface area contributed by atoms with E-state index in [1.54, 1.807) is 0 Å². The minimum Gasteiger partial charge on any atom is -0.444 e. The lowest BCUT2D eigenvalue weighted by molar-refractivity contribution is 0.408. The topological polar surface area (TPSA) is 52.0 Å². The lowest BCUT2D eigenvalue weighted by atomic mass is 9.92. The van der Waals surface area contributed by atoms with Crippen LogP contribution in [0.4, 0.5) is 0 Å². The Morgan fingerprint density at radius 2 is 2.50 bits per heavy atom. The van der Waals surface area contributed by atoms with Gasteiger partial charge in [0.15, 0.2) is 0 Å². The number of aryl methyl sites for hydroxylation is 1. The fraction of sp³-hybridized carbons (Fsp3) is 0.667. The number of hydrogen-bond donors (Lipinski definition) is 1. The van der Waals surface area contributed by atoms with Crippen molar-refractivity contribution in [2.75, 3.05) is 0 Å². The Balaban J connectivity index is 2.28. The molecule has 3 nitrogen and oxygen atoms in total. The van der Waals surface area contributed by atoms with Crippen LogP contribution in [0.5, 0.6) is 0 Å². The zero-order chi connectivity index (χ0) is 8.55. The average molecular weight is 166 g/mol. The molecule has 0 bridgehead atoms. The summed E-state index contributed by atoms with van der Waals surface area (Å²) in [5.74, 6) is 2.50. The summed E-state index contributed by atoms with van der Waals surface area (Å²) in [5, 5.41) is 0. The number of nitrogens with two attached hydrogens (primary N) is 1. The van der Waals surface area contributed by atoms with Gasteiger partial charge >= 0.3 is 0 Å². The standard InChI is InChI=1S/C9H14N2O/c1-6-2-3-8-7(4-6)11-9(5-10)12-8/h6H,2-5,10H2,1H3. The Kier molecular flexibility index (Phi) is 1.89. The molecule has 1 aliphatic carbocycles. The molecule has 3 heteroatoms. The van der Waals surface area contributed by atoms with Crippen LogP contribution >= 0.6 is 0 Å². The van der Waals surface area contributed by atoms with E-state index in [0.29, 0.717) is 12.4 Å². The molecule has 0 amide bonds. The second-order valence-corrected chi connectivity index (χ2v) is 3.53. The molecular weight excluding hydrogens is 152 g/mol. The fourth-order valence-electron chi connectivity index (χ4n) is 1.69. The molecule has 66 valence electrons. The summed E-state index contributed by atoms with van der Waals surface area (Å²) in [6.07, 6.45) is 3.30. The van der Waals surface area contributed by atoms with Crippen LogP contribution in [0.3, 0.4) is 0 Å². The van der Waals surface area contributed by atoms with Gasteiger partial charge in [0.05, 0.1) is 12.2 Å². The van der Waals surface area contributed by atoms with Gasteiger partial charge in [0.1, 0.15) is 5.76 Å². The smallest absolute Gasteiger partial charge is 0.208 e. The third kappa shape index (κ3) is 1.25. The molecule has 1 heterocycles. The molecule has 2 rings (SSSR count). The van der Waals surface area contributed by atoms with E-state index >= 15 is 0 Å². The summed E-state index contributed by atoms with van der Waals surface area (Å²) < 4.78 is 5.47. The van der Waals surface area contributed by atoms with Gasteiger partial charge in [0.25, 0.3) is 0 Å². The van der Waals surface area contributed by atoms with Crippen molar-refractivity contribution in [1.82, 2.24) is 4.98 Å². The maximum absolute atomic E-state index is 5.47. The van der Waals surface area contributed by atoms with Crippen molar-refractivity contribution in [3.05, 3.63) is 17.3 Å². The zero-order valence-electron chi connectivity index (χ0n) is 7.34. The second kappa shape index (κ2) is 2.90. The van der Waals surface area contributed by atoms with Gasteiger partial charge in [-0.2, -0.15) is 0 Å². The molecule has 0 aromatic carbocycles. The molecule has 12 heavy (non-hydrogen) atoms. The monoisotopic (exact) mass is 166 g/mol. The lowest BCUT2D eigenvalue weighted by Crippen LogP contribution is -2.09. The Morgan fingerprint density at radius 1 is 1.67 bits per heavy atom. The van der Waals surface area contributed by atoms with E-state index in [1.807, 2.05) is 0 Å². The van der Waals surface area contributed by atoms with Crippen LogP contribution in [0.25, 0.3) is 0 Å². The highest BCUT2D eigenvalue weighted by Gasteiger charge is 2.20. The van der Waals surface area contributed by atoms with E-state index in [4.69, 9.17) is 10.2 Å². The number of aromatic nitrogens is 1. The van der Waals surface area contributed by atoms with Gasteiger partial charge in [-0.1, -0.05) is 6.92 Å². The number of hydrogen-bond acceptors (Lipinski definition) is 3. The molecule has 0 fully saturated rings. The first-order valence-corrected chi connectivity index (χ1v) is 4.47. The predicted molar refractivity (Wildman–Crippen MR) is 45.6 cm³/mol. The first kappa shape index (κ1) is 7.80. The van der Waals surface area contributed by atoms with E-state index in [2.05, 4.69) is 11.9 Å². The first-order valence-electron chi connectivity index (χ1n) is 4.47. The van der Waals surface area contributed by atoms with Gasteiger partial charge in [-0.05, 0) is 18.8 Å². The number of oxazole rings is 1. The molecule has 1 atom stereocenters. The largest absolute Gasteiger partial charge is 0.444 e. The van der Waals surface area contributed by atoms with Crippen molar-refractivity contribution < 1.29 is 4.42 Å². The molecule has 1 aromatic rings. The number of nitrogens with zero attached hydrogens (tertiary/aromatic N) is 1. The molecular formula is C9H14N2O. The summed E-state index contributed by atoms with van der Waals surface area (Å²) in [6.45, 7) is 2.67. The third-order valence-corrected chi connectivity index (χ3v) is 2.40. The Hall–Kier alpha value is -0.830. The van der Waals surface area contributed by atoms with Gasteiger partial charge in [-0.25, -0.2) is 4.98 Å². The van der Waals surface area contributed by atoms with Crippen molar-refractivity contribution in [2.24, 2.45) is 11.7 Å². The molecule has 2 N–H and O–H groups in total. The SMILES string of the molecule is CC1CCc2oc(CN)nc2C1. The van der Waals surface area contributed by atoms with Crippen LogP contribution in [0, 0.1) is 5.92 Å². The van der Waals surface area contributed by atoms with Crippen LogP contribution in [0.1, 0.15) is 30.7 Å². The average Bonchev–Trinajstić information content (AvgIpc) is 2.46. The van der Waals surface area contributed by atoms with Gasteiger partial charge in [-0.15, -0.1) is 0 Å². The summed E-state index contributed by atoms with van der Waals surface area (Å²) >= 11 is 0. The normalized spacial score (nSPS) is 22.3. The van der Waals surface area contributed by atoms with Crippen molar-refractivity contribution in [1.29, 1.82) is 0 Å². The minimum atomic E-state index is 0.418. The summed E-state index contributed by atoms with van der Waals surface area (Å²) in [6, 6.07) is 0. The highest BCUT2D eigenvalue weighted by molar-refractivity contribution is 5.14. The van der Waals surface area contributed by atoms with Gasteiger partial charge in [-0.3, -0.25) is 0 Å². The number of fused-ring (bicyclic) bond motifs is 1. The molecule has 0 radical (unpaired) electrons. The van der Waals surface area contributed by atoms with Crippen molar-refractivity contribution in [2.45, 2.75) is 32.7 Å². The van der Waals surface area contributed by atoms with E-state index in [9.17, 15) is 0 Å². The lowest BCUT2D eigenvalue weighted by Gasteiger charge is -2.14. The van der Waals surface area contributed by atoms with Crippen LogP contribution in [0.15, 0.2) is 4.42 Å². The minimum absolute atomic E-state index is 0.418. The summed E-state index contributed by atoms with van der Waals surface area (Å²) in [4.78, 5) is 4.33. The summed E-state index contributed by atoms with van der Waals surface area (Å²) in [5.41, 5.74) is 6.57. The highest BCUT2D eigenvalue weighted by Crippen LogP contribution is 2.25. The molecule has 0 saturated heterocycles. The van der Waals surface area contributed by atoms with Crippen LogP contribution in [-0.2, 0) is 19.4 Å². The summed E-state index contributed by atoms with van der Waals surface area (Å²) in [7, 11) is 0. The van der Waals surface area contributed by atoms with E-state index in [0.717, 1.165) is 30.2 Å². The van der Waals surface area contributed by atoms with Crippen LogP contribution in [0.2, 0.25) is 0 Å². The molecule has 1 aromatic heterocycles. The maximum atomic E-state index is 5.47. The first-order chi connectivity index (χ1) is 5.79. The van der Waals surface area contributed by atoms with E-state index in [1.165, 1.54) is 6.42 Å². The van der Waals surface area contributed by atoms with Gasteiger partial charge in [0.2, 0.25) is 5.89 Å². The zero-order valence-corrected chi connectivity index (χ0v) is 7.34. The number of rotatable bonds is 1. The van der Waals surface area contributed by atoms with Gasteiger partial charge in [0, 0.05) is 6.42 Å². The fourth-order valence-corrected chi connectivity index (χ4v) is 1.69. The molecule has 1 aliphatic rings. The van der Waals surface area contributed by atoms with Gasteiger partial charge < -0.3 is 10.2 Å².